The predicted octanol–water partition coefficient (Wildman–Crippen LogP) is 4.95. The lowest BCUT2D eigenvalue weighted by molar-refractivity contribution is 0.0701. The van der Waals surface area contributed by atoms with Crippen LogP contribution in [0.3, 0.4) is 0 Å². The zero-order valence-electron chi connectivity index (χ0n) is 19.0. The molecular formula is C26H25F2N3O3. The first-order valence-electron chi connectivity index (χ1n) is 11.0. The Kier molecular flexibility index (Phi) is 6.86. The molecule has 1 N–H and O–H groups in total. The number of aromatic nitrogens is 1. The van der Waals surface area contributed by atoms with Gasteiger partial charge < -0.3 is 15.0 Å². The molecule has 3 aromatic rings. The topological polar surface area (TPSA) is 71.5 Å². The Labute approximate surface area is 196 Å². The van der Waals surface area contributed by atoms with E-state index in [0.29, 0.717) is 48.6 Å². The highest BCUT2D eigenvalue weighted by molar-refractivity contribution is 6.05. The van der Waals surface area contributed by atoms with Crippen LogP contribution in [0, 0.1) is 18.6 Å². The fraction of sp³-hybridized carbons (Fsp3) is 0.269. The molecule has 0 saturated carbocycles. The van der Waals surface area contributed by atoms with E-state index in [1.807, 2.05) is 6.92 Å². The molecule has 4 rings (SSSR count). The van der Waals surface area contributed by atoms with Gasteiger partial charge in [0.25, 0.3) is 11.8 Å². The van der Waals surface area contributed by atoms with Gasteiger partial charge in [0.05, 0.1) is 18.4 Å². The number of rotatable bonds is 5. The van der Waals surface area contributed by atoms with Gasteiger partial charge in [0, 0.05) is 36.5 Å². The van der Waals surface area contributed by atoms with Crippen LogP contribution in [0.25, 0.3) is 0 Å². The molecule has 0 aliphatic carbocycles. The number of anilines is 1. The maximum atomic E-state index is 14.1. The highest BCUT2D eigenvalue weighted by Gasteiger charge is 2.30. The molecule has 2 aromatic carbocycles. The number of piperidine rings is 1. The number of hydrogen-bond acceptors (Lipinski definition) is 4. The van der Waals surface area contributed by atoms with E-state index in [4.69, 9.17) is 4.74 Å². The van der Waals surface area contributed by atoms with E-state index in [9.17, 15) is 18.4 Å². The first kappa shape index (κ1) is 23.4. The van der Waals surface area contributed by atoms with E-state index < -0.39 is 23.1 Å². The molecule has 2 amide bonds. The molecule has 1 saturated heterocycles. The average Bonchev–Trinajstić information content (AvgIpc) is 2.84. The number of ether oxygens (including phenoxy) is 1. The summed E-state index contributed by atoms with van der Waals surface area (Å²) in [6.45, 7) is 2.47. The van der Waals surface area contributed by atoms with Crippen molar-refractivity contribution >= 4 is 17.5 Å². The minimum Gasteiger partial charge on any atom is -0.497 e. The number of pyridine rings is 1. The summed E-state index contributed by atoms with van der Waals surface area (Å²) in [7, 11) is 1.56. The maximum absolute atomic E-state index is 14.1. The first-order valence-corrected chi connectivity index (χ1v) is 11.0. The summed E-state index contributed by atoms with van der Waals surface area (Å²) >= 11 is 0. The first-order chi connectivity index (χ1) is 16.4. The fourth-order valence-corrected chi connectivity index (χ4v) is 4.20. The number of halogens is 2. The number of likely N-dealkylation sites (tertiary alicyclic amines) is 1. The van der Waals surface area contributed by atoms with Crippen molar-refractivity contribution in [3.05, 3.63) is 88.7 Å². The summed E-state index contributed by atoms with van der Waals surface area (Å²) in [6.07, 6.45) is 1.05. The van der Waals surface area contributed by atoms with Gasteiger partial charge in [-0.05, 0) is 56.2 Å². The van der Waals surface area contributed by atoms with Crippen LogP contribution in [-0.4, -0.2) is 41.9 Å². The zero-order valence-corrected chi connectivity index (χ0v) is 19.0. The van der Waals surface area contributed by atoms with Crippen molar-refractivity contribution in [2.75, 3.05) is 25.5 Å². The maximum Gasteiger partial charge on any atom is 0.259 e. The number of benzene rings is 2. The largest absolute Gasteiger partial charge is 0.497 e. The van der Waals surface area contributed by atoms with Crippen LogP contribution in [0.1, 0.15) is 50.9 Å². The third-order valence-corrected chi connectivity index (χ3v) is 5.98. The molecule has 0 unspecified atom stereocenters. The Morgan fingerprint density at radius 1 is 1.03 bits per heavy atom. The molecule has 0 atom stereocenters. The van der Waals surface area contributed by atoms with Crippen molar-refractivity contribution in [3.8, 4) is 5.75 Å². The number of amides is 2. The van der Waals surface area contributed by atoms with E-state index in [2.05, 4.69) is 10.3 Å². The molecule has 1 aromatic heterocycles. The van der Waals surface area contributed by atoms with Crippen LogP contribution < -0.4 is 10.1 Å². The summed E-state index contributed by atoms with van der Waals surface area (Å²) in [5, 5.41) is 2.89. The summed E-state index contributed by atoms with van der Waals surface area (Å²) in [5.41, 5.74) is 1.96. The van der Waals surface area contributed by atoms with Crippen LogP contribution >= 0.6 is 0 Å². The second-order valence-corrected chi connectivity index (χ2v) is 8.23. The Bertz CT molecular complexity index is 1200. The molecule has 8 heteroatoms. The van der Waals surface area contributed by atoms with E-state index in [1.54, 1.807) is 43.5 Å². The lowest BCUT2D eigenvalue weighted by Crippen LogP contribution is -2.39. The number of methoxy groups -OCH3 is 1. The van der Waals surface area contributed by atoms with Gasteiger partial charge in [-0.3, -0.25) is 14.6 Å². The molecule has 2 heterocycles. The van der Waals surface area contributed by atoms with Crippen LogP contribution in [0.2, 0.25) is 0 Å². The molecule has 0 spiro atoms. The Hall–Kier alpha value is -3.81. The third kappa shape index (κ3) is 4.90. The Morgan fingerprint density at radius 3 is 2.38 bits per heavy atom. The SMILES string of the molecule is COc1cccc(NC(=O)c2ccc(C)nc2C2CCN(C(=O)c3c(F)cccc3F)CC2)c1. The average molecular weight is 466 g/mol. The molecule has 1 aliphatic rings. The molecule has 0 bridgehead atoms. The van der Waals surface area contributed by atoms with Gasteiger partial charge in [0.15, 0.2) is 0 Å². The van der Waals surface area contributed by atoms with Crippen molar-refractivity contribution < 1.29 is 23.1 Å². The lowest BCUT2D eigenvalue weighted by Gasteiger charge is -2.32. The second-order valence-electron chi connectivity index (χ2n) is 8.23. The quantitative estimate of drug-likeness (QED) is 0.579. The second kappa shape index (κ2) is 9.99. The standard InChI is InChI=1S/C26H25F2N3O3/c1-16-9-10-20(25(32)30-18-5-3-6-19(15-18)34-2)24(29-16)17-11-13-31(14-12-17)26(33)23-21(27)7-4-8-22(23)28/h3-10,15,17H,11-14H2,1-2H3,(H,30,32). The van der Waals surface area contributed by atoms with E-state index in [1.165, 1.54) is 11.0 Å². The number of hydrogen-bond donors (Lipinski definition) is 1. The summed E-state index contributed by atoms with van der Waals surface area (Å²) in [6, 6.07) is 14.0. The van der Waals surface area contributed by atoms with Crippen molar-refractivity contribution in [3.63, 3.8) is 0 Å². The Morgan fingerprint density at radius 2 is 1.71 bits per heavy atom. The van der Waals surface area contributed by atoms with Crippen molar-refractivity contribution in [1.82, 2.24) is 9.88 Å². The van der Waals surface area contributed by atoms with Crippen LogP contribution in [0.15, 0.2) is 54.6 Å². The number of nitrogens with zero attached hydrogens (tertiary/aromatic N) is 2. The van der Waals surface area contributed by atoms with Crippen LogP contribution in [0.5, 0.6) is 5.75 Å². The lowest BCUT2D eigenvalue weighted by atomic mass is 9.89. The molecule has 34 heavy (non-hydrogen) atoms. The molecule has 6 nitrogen and oxygen atoms in total. The normalized spacial score (nSPS) is 14.1. The summed E-state index contributed by atoms with van der Waals surface area (Å²) in [4.78, 5) is 31.9. The van der Waals surface area contributed by atoms with Crippen LogP contribution in [-0.2, 0) is 0 Å². The predicted molar refractivity (Wildman–Crippen MR) is 124 cm³/mol. The van der Waals surface area contributed by atoms with Crippen molar-refractivity contribution in [2.45, 2.75) is 25.7 Å². The molecule has 176 valence electrons. The third-order valence-electron chi connectivity index (χ3n) is 5.98. The highest BCUT2D eigenvalue weighted by Crippen LogP contribution is 2.31. The molecule has 0 radical (unpaired) electrons. The number of aryl methyl sites for hydroxylation is 1. The summed E-state index contributed by atoms with van der Waals surface area (Å²) in [5.74, 6) is -2.14. The van der Waals surface area contributed by atoms with Gasteiger partial charge in [-0.2, -0.15) is 0 Å². The zero-order chi connectivity index (χ0) is 24.2. The van der Waals surface area contributed by atoms with Gasteiger partial charge in [0.1, 0.15) is 22.9 Å². The smallest absolute Gasteiger partial charge is 0.259 e. The molecule has 1 fully saturated rings. The fourth-order valence-electron chi connectivity index (χ4n) is 4.20. The van der Waals surface area contributed by atoms with E-state index in [0.717, 1.165) is 17.8 Å². The monoisotopic (exact) mass is 465 g/mol. The van der Waals surface area contributed by atoms with Gasteiger partial charge in [-0.25, -0.2) is 8.78 Å². The van der Waals surface area contributed by atoms with Crippen LogP contribution in [0.4, 0.5) is 14.5 Å². The van der Waals surface area contributed by atoms with Crippen molar-refractivity contribution in [2.24, 2.45) is 0 Å². The van der Waals surface area contributed by atoms with Gasteiger partial charge in [-0.15, -0.1) is 0 Å². The number of nitrogens with one attached hydrogen (secondary N) is 1. The molecular weight excluding hydrogens is 440 g/mol. The van der Waals surface area contributed by atoms with E-state index >= 15 is 0 Å². The summed E-state index contributed by atoms with van der Waals surface area (Å²) < 4.78 is 33.3. The minimum atomic E-state index is -0.871. The molecule has 1 aliphatic heterocycles. The van der Waals surface area contributed by atoms with Gasteiger partial charge in [-0.1, -0.05) is 12.1 Å². The Balaban J connectivity index is 1.50. The van der Waals surface area contributed by atoms with E-state index in [-0.39, 0.29) is 11.8 Å². The minimum absolute atomic E-state index is 0.0690. The van der Waals surface area contributed by atoms with Crippen molar-refractivity contribution in [1.29, 1.82) is 0 Å². The van der Waals surface area contributed by atoms with Gasteiger partial charge in [0.2, 0.25) is 0 Å². The van der Waals surface area contributed by atoms with Gasteiger partial charge >= 0.3 is 0 Å². The number of carbonyl (C=O) groups excluding carboxylic acids is 2. The highest BCUT2D eigenvalue weighted by atomic mass is 19.1. The number of carbonyl (C=O) groups is 2.